The summed E-state index contributed by atoms with van der Waals surface area (Å²) in [6.45, 7) is 5.57. The third kappa shape index (κ3) is 5.13. The van der Waals surface area contributed by atoms with Crippen LogP contribution in [0.3, 0.4) is 0 Å². The van der Waals surface area contributed by atoms with Crippen LogP contribution in [0, 0.1) is 32.1 Å². The fraction of sp³-hybridized carbons (Fsp3) is 0.250. The first-order valence-electron chi connectivity index (χ1n) is 10.2. The maximum atomic E-state index is 12.7. The summed E-state index contributed by atoms with van der Waals surface area (Å²) in [7, 11) is 1.49. The molecule has 0 spiro atoms. The van der Waals surface area contributed by atoms with Gasteiger partial charge in [0.15, 0.2) is 0 Å². The summed E-state index contributed by atoms with van der Waals surface area (Å²) >= 11 is 3.58. The van der Waals surface area contributed by atoms with Gasteiger partial charge in [0.25, 0.3) is 11.5 Å². The van der Waals surface area contributed by atoms with Crippen LogP contribution in [0.4, 0.5) is 0 Å². The number of hydrogen-bond acceptors (Lipinski definition) is 5. The molecular weight excluding hydrogens is 486 g/mol. The van der Waals surface area contributed by atoms with Crippen molar-refractivity contribution >= 4 is 28.1 Å². The molecule has 33 heavy (non-hydrogen) atoms. The minimum absolute atomic E-state index is 0.0294. The SMILES string of the molecule is COCc1cc(C)n(CC(=O)N/N=C\c2cc(C)n(-c3ccccc3Br)c2C)c(=O)c1C#N. The van der Waals surface area contributed by atoms with Crippen molar-refractivity contribution in [2.24, 2.45) is 5.10 Å². The Balaban J connectivity index is 1.77. The van der Waals surface area contributed by atoms with Crippen LogP contribution < -0.4 is 11.0 Å². The number of amides is 1. The molecule has 0 saturated heterocycles. The molecule has 2 aromatic heterocycles. The Morgan fingerprint density at radius 3 is 2.64 bits per heavy atom. The smallest absolute Gasteiger partial charge is 0.269 e. The molecule has 9 heteroatoms. The van der Waals surface area contributed by atoms with Crippen molar-refractivity contribution in [1.82, 2.24) is 14.6 Å². The first kappa shape index (κ1) is 24.2. The first-order chi connectivity index (χ1) is 15.8. The van der Waals surface area contributed by atoms with Gasteiger partial charge in [-0.15, -0.1) is 0 Å². The van der Waals surface area contributed by atoms with E-state index in [1.807, 2.05) is 50.2 Å². The Labute approximate surface area is 200 Å². The second-order valence-electron chi connectivity index (χ2n) is 7.53. The number of hydrogen-bond donors (Lipinski definition) is 1. The quantitative estimate of drug-likeness (QED) is 0.389. The van der Waals surface area contributed by atoms with Crippen molar-refractivity contribution in [3.8, 4) is 11.8 Å². The van der Waals surface area contributed by atoms with Crippen molar-refractivity contribution in [2.45, 2.75) is 33.9 Å². The maximum Gasteiger partial charge on any atom is 0.269 e. The third-order valence-electron chi connectivity index (χ3n) is 5.26. The van der Waals surface area contributed by atoms with Crippen LogP contribution in [-0.2, 0) is 22.7 Å². The van der Waals surface area contributed by atoms with E-state index in [2.05, 4.69) is 31.0 Å². The Kier molecular flexibility index (Phi) is 7.63. The molecular formula is C24H24BrN5O3. The van der Waals surface area contributed by atoms with Crippen molar-refractivity contribution in [3.63, 3.8) is 0 Å². The van der Waals surface area contributed by atoms with E-state index in [1.54, 1.807) is 19.2 Å². The number of para-hydroxylation sites is 1. The second kappa shape index (κ2) is 10.4. The van der Waals surface area contributed by atoms with Crippen LogP contribution in [0.25, 0.3) is 5.69 Å². The van der Waals surface area contributed by atoms with Crippen LogP contribution in [0.15, 0.2) is 50.8 Å². The lowest BCUT2D eigenvalue weighted by atomic mass is 10.1. The van der Waals surface area contributed by atoms with Crippen molar-refractivity contribution in [3.05, 3.63) is 85.0 Å². The molecule has 8 nitrogen and oxygen atoms in total. The molecule has 0 atom stereocenters. The average Bonchev–Trinajstić information content (AvgIpc) is 3.05. The Morgan fingerprint density at radius 1 is 1.24 bits per heavy atom. The normalized spacial score (nSPS) is 11.0. The van der Waals surface area contributed by atoms with Gasteiger partial charge in [0.05, 0.1) is 18.5 Å². The monoisotopic (exact) mass is 509 g/mol. The van der Waals surface area contributed by atoms with Gasteiger partial charge in [-0.1, -0.05) is 12.1 Å². The fourth-order valence-electron chi connectivity index (χ4n) is 3.70. The number of nitriles is 1. The molecule has 0 radical (unpaired) electrons. The molecule has 0 aliphatic heterocycles. The summed E-state index contributed by atoms with van der Waals surface area (Å²) in [5.41, 5.74) is 6.82. The fourth-order valence-corrected chi connectivity index (χ4v) is 4.16. The van der Waals surface area contributed by atoms with Gasteiger partial charge in [0.1, 0.15) is 18.2 Å². The van der Waals surface area contributed by atoms with E-state index >= 15 is 0 Å². The van der Waals surface area contributed by atoms with Gasteiger partial charge < -0.3 is 13.9 Å². The molecule has 0 bridgehead atoms. The number of nitrogens with one attached hydrogen (secondary N) is 1. The number of aromatic nitrogens is 2. The maximum absolute atomic E-state index is 12.7. The highest BCUT2D eigenvalue weighted by Crippen LogP contribution is 2.26. The molecule has 0 aliphatic rings. The summed E-state index contributed by atoms with van der Waals surface area (Å²) in [6, 6.07) is 13.5. The van der Waals surface area contributed by atoms with E-state index < -0.39 is 11.5 Å². The number of aryl methyl sites for hydroxylation is 2. The Bertz CT molecular complexity index is 1330. The summed E-state index contributed by atoms with van der Waals surface area (Å²) in [5.74, 6) is -0.473. The lowest BCUT2D eigenvalue weighted by Crippen LogP contribution is -2.33. The van der Waals surface area contributed by atoms with Crippen LogP contribution in [-0.4, -0.2) is 28.4 Å². The standard InChI is InChI=1S/C24H24BrN5O3/c1-15-9-19(14-33-4)20(11-26)24(32)29(15)13-23(31)28-27-12-18-10-16(2)30(17(18)3)22-8-6-5-7-21(22)25/h5-10,12H,13-14H2,1-4H3,(H,28,31)/b27-12-. The number of hydrazone groups is 1. The van der Waals surface area contributed by atoms with E-state index in [9.17, 15) is 14.9 Å². The van der Waals surface area contributed by atoms with Crippen LogP contribution in [0.2, 0.25) is 0 Å². The summed E-state index contributed by atoms with van der Waals surface area (Å²) in [6.07, 6.45) is 1.58. The lowest BCUT2D eigenvalue weighted by Gasteiger charge is -2.12. The molecule has 1 N–H and O–H groups in total. The molecule has 0 saturated carbocycles. The topological polar surface area (TPSA) is 101 Å². The predicted octanol–water partition coefficient (Wildman–Crippen LogP) is 3.50. The molecule has 1 amide bonds. The number of carbonyl (C=O) groups is 1. The van der Waals surface area contributed by atoms with E-state index in [0.717, 1.165) is 27.1 Å². The van der Waals surface area contributed by atoms with E-state index in [0.29, 0.717) is 11.3 Å². The number of halogens is 1. The van der Waals surface area contributed by atoms with Gasteiger partial charge in [-0.05, 0) is 61.0 Å². The summed E-state index contributed by atoms with van der Waals surface area (Å²) in [4.78, 5) is 25.1. The molecule has 0 unspecified atom stereocenters. The summed E-state index contributed by atoms with van der Waals surface area (Å²) < 4.78 is 9.37. The second-order valence-corrected chi connectivity index (χ2v) is 8.38. The number of ether oxygens (including phenoxy) is 1. The molecule has 3 rings (SSSR count). The number of benzene rings is 1. The van der Waals surface area contributed by atoms with E-state index in [1.165, 1.54) is 11.7 Å². The highest BCUT2D eigenvalue weighted by atomic mass is 79.9. The van der Waals surface area contributed by atoms with Crippen LogP contribution in [0.5, 0.6) is 0 Å². The highest BCUT2D eigenvalue weighted by Gasteiger charge is 2.15. The van der Waals surface area contributed by atoms with Crippen LogP contribution in [0.1, 0.15) is 33.8 Å². The van der Waals surface area contributed by atoms with Gasteiger partial charge in [-0.2, -0.15) is 10.4 Å². The van der Waals surface area contributed by atoms with Gasteiger partial charge in [-0.25, -0.2) is 5.43 Å². The summed E-state index contributed by atoms with van der Waals surface area (Å²) in [5, 5.41) is 13.4. The minimum Gasteiger partial charge on any atom is -0.380 e. The van der Waals surface area contributed by atoms with Crippen molar-refractivity contribution < 1.29 is 9.53 Å². The lowest BCUT2D eigenvalue weighted by molar-refractivity contribution is -0.121. The zero-order valence-corrected chi connectivity index (χ0v) is 20.4. The van der Waals surface area contributed by atoms with E-state index in [4.69, 9.17) is 4.74 Å². The average molecular weight is 510 g/mol. The Hall–Kier alpha value is -3.48. The number of methoxy groups -OCH3 is 1. The minimum atomic E-state index is -0.527. The molecule has 0 fully saturated rings. The number of rotatable bonds is 7. The van der Waals surface area contributed by atoms with E-state index in [-0.39, 0.29) is 18.7 Å². The third-order valence-corrected chi connectivity index (χ3v) is 5.93. The molecule has 170 valence electrons. The number of carbonyl (C=O) groups excluding carboxylic acids is 1. The van der Waals surface area contributed by atoms with Crippen LogP contribution >= 0.6 is 15.9 Å². The largest absolute Gasteiger partial charge is 0.380 e. The van der Waals surface area contributed by atoms with Crippen molar-refractivity contribution in [1.29, 1.82) is 5.26 Å². The molecule has 3 aromatic rings. The van der Waals surface area contributed by atoms with Gasteiger partial charge in [0, 0.05) is 39.8 Å². The first-order valence-corrected chi connectivity index (χ1v) is 11.0. The van der Waals surface area contributed by atoms with Gasteiger partial charge in [-0.3, -0.25) is 9.59 Å². The highest BCUT2D eigenvalue weighted by molar-refractivity contribution is 9.10. The number of nitrogens with zero attached hydrogens (tertiary/aromatic N) is 4. The molecule has 2 heterocycles. The van der Waals surface area contributed by atoms with Crippen molar-refractivity contribution in [2.75, 3.05) is 7.11 Å². The number of pyridine rings is 1. The Morgan fingerprint density at radius 2 is 1.97 bits per heavy atom. The van der Waals surface area contributed by atoms with Gasteiger partial charge >= 0.3 is 0 Å². The molecule has 1 aromatic carbocycles. The zero-order valence-electron chi connectivity index (χ0n) is 18.8. The predicted molar refractivity (Wildman–Crippen MR) is 130 cm³/mol. The zero-order chi connectivity index (χ0) is 24.1. The molecule has 0 aliphatic carbocycles. The van der Waals surface area contributed by atoms with Gasteiger partial charge in [0.2, 0.25) is 0 Å².